The lowest BCUT2D eigenvalue weighted by molar-refractivity contribution is 0.105. The second-order valence-electron chi connectivity index (χ2n) is 7.67. The summed E-state index contributed by atoms with van der Waals surface area (Å²) in [5.74, 6) is 2.53. The summed E-state index contributed by atoms with van der Waals surface area (Å²) in [6.45, 7) is 7.45. The Hall–Kier alpha value is -1.74. The van der Waals surface area contributed by atoms with Crippen LogP contribution in [0.4, 0.5) is 5.69 Å². The minimum atomic E-state index is 0. The quantitative estimate of drug-likeness (QED) is 0.220. The van der Waals surface area contributed by atoms with Gasteiger partial charge in [0.1, 0.15) is 12.4 Å². The van der Waals surface area contributed by atoms with Gasteiger partial charge < -0.3 is 24.7 Å². The van der Waals surface area contributed by atoms with Gasteiger partial charge in [0.25, 0.3) is 0 Å². The zero-order chi connectivity index (χ0) is 20.3. The number of hydrogen-bond donors (Lipinski definition) is 2. The van der Waals surface area contributed by atoms with Crippen LogP contribution in [-0.2, 0) is 17.9 Å². The van der Waals surface area contributed by atoms with Crippen molar-refractivity contribution in [3.63, 3.8) is 0 Å². The molecule has 0 unspecified atom stereocenters. The molecule has 1 fully saturated rings. The Morgan fingerprint density at radius 3 is 2.60 bits per heavy atom. The zero-order valence-electron chi connectivity index (χ0n) is 18.1. The van der Waals surface area contributed by atoms with Crippen LogP contribution in [0.2, 0.25) is 0 Å². The van der Waals surface area contributed by atoms with E-state index in [9.17, 15) is 0 Å². The first kappa shape index (κ1) is 24.5. The van der Waals surface area contributed by atoms with Crippen molar-refractivity contribution in [1.82, 2.24) is 10.6 Å². The van der Waals surface area contributed by atoms with Crippen molar-refractivity contribution in [1.29, 1.82) is 0 Å². The normalized spacial score (nSPS) is 15.0. The van der Waals surface area contributed by atoms with E-state index in [2.05, 4.69) is 51.7 Å². The number of benzene rings is 1. The minimum Gasteiger partial charge on any atom is -0.467 e. The van der Waals surface area contributed by atoms with Crippen molar-refractivity contribution in [2.45, 2.75) is 39.3 Å². The summed E-state index contributed by atoms with van der Waals surface area (Å²) >= 11 is 0. The highest BCUT2D eigenvalue weighted by Gasteiger charge is 2.15. The molecule has 166 valence electrons. The molecule has 7 heteroatoms. The van der Waals surface area contributed by atoms with Gasteiger partial charge in [-0.15, -0.1) is 24.0 Å². The molecule has 1 aliphatic rings. The maximum atomic E-state index is 5.59. The number of nitrogens with zero attached hydrogens (tertiary/aromatic N) is 2. The summed E-state index contributed by atoms with van der Waals surface area (Å²) < 4.78 is 10.8. The molecule has 1 aliphatic heterocycles. The van der Waals surface area contributed by atoms with E-state index in [1.54, 1.807) is 13.3 Å². The van der Waals surface area contributed by atoms with Gasteiger partial charge in [0, 0.05) is 45.5 Å². The molecule has 0 radical (unpaired) electrons. The van der Waals surface area contributed by atoms with Gasteiger partial charge in [0.05, 0.1) is 6.26 Å². The fourth-order valence-corrected chi connectivity index (χ4v) is 3.45. The van der Waals surface area contributed by atoms with Crippen molar-refractivity contribution in [2.24, 2.45) is 10.9 Å². The van der Waals surface area contributed by atoms with Gasteiger partial charge in [-0.1, -0.05) is 19.1 Å². The molecule has 30 heavy (non-hydrogen) atoms. The summed E-state index contributed by atoms with van der Waals surface area (Å²) in [7, 11) is 1.79. The van der Waals surface area contributed by atoms with Crippen molar-refractivity contribution in [2.75, 3.05) is 38.2 Å². The third-order valence-corrected chi connectivity index (χ3v) is 5.35. The van der Waals surface area contributed by atoms with Gasteiger partial charge in [-0.25, -0.2) is 0 Å². The molecule has 1 aromatic heterocycles. The van der Waals surface area contributed by atoms with Crippen LogP contribution in [0, 0.1) is 5.92 Å². The van der Waals surface area contributed by atoms with Crippen LogP contribution >= 0.6 is 24.0 Å². The van der Waals surface area contributed by atoms with Crippen LogP contribution in [0.1, 0.15) is 37.5 Å². The standard InChI is InChI=1S/C23H34N4O2.HI/c1-19-10-13-27(14-11-19)21-8-6-20(7-9-21)17-26-23(24-2)25-12-4-15-28-18-22-5-3-16-29-22;/h3,5-9,16,19H,4,10-15,17-18H2,1-2H3,(H2,24,25,26);1H. The van der Waals surface area contributed by atoms with E-state index in [1.807, 2.05) is 12.1 Å². The van der Waals surface area contributed by atoms with Crippen molar-refractivity contribution in [3.8, 4) is 0 Å². The number of nitrogens with one attached hydrogen (secondary N) is 2. The van der Waals surface area contributed by atoms with Crippen LogP contribution in [0.25, 0.3) is 0 Å². The molecule has 0 amide bonds. The fourth-order valence-electron chi connectivity index (χ4n) is 3.45. The van der Waals surface area contributed by atoms with E-state index in [1.165, 1.54) is 37.2 Å². The van der Waals surface area contributed by atoms with Gasteiger partial charge in [-0.3, -0.25) is 4.99 Å². The highest BCUT2D eigenvalue weighted by atomic mass is 127. The van der Waals surface area contributed by atoms with Gasteiger partial charge in [-0.05, 0) is 55.0 Å². The number of aliphatic imine (C=N–C) groups is 1. The van der Waals surface area contributed by atoms with Crippen LogP contribution < -0.4 is 15.5 Å². The van der Waals surface area contributed by atoms with E-state index < -0.39 is 0 Å². The molecule has 6 nitrogen and oxygen atoms in total. The van der Waals surface area contributed by atoms with Crippen LogP contribution in [-0.4, -0.2) is 39.2 Å². The summed E-state index contributed by atoms with van der Waals surface area (Å²) in [6.07, 6.45) is 5.15. The predicted molar refractivity (Wildman–Crippen MR) is 134 cm³/mol. The molecule has 0 saturated carbocycles. The SMILES string of the molecule is CN=C(NCCCOCc1ccco1)NCc1ccc(N2CCC(C)CC2)cc1.I. The summed E-state index contributed by atoms with van der Waals surface area (Å²) in [4.78, 5) is 6.78. The zero-order valence-corrected chi connectivity index (χ0v) is 20.4. The van der Waals surface area contributed by atoms with Gasteiger partial charge in [0.2, 0.25) is 0 Å². The maximum Gasteiger partial charge on any atom is 0.191 e. The number of anilines is 1. The third kappa shape index (κ3) is 8.18. The molecule has 1 saturated heterocycles. The second-order valence-corrected chi connectivity index (χ2v) is 7.67. The largest absolute Gasteiger partial charge is 0.467 e. The van der Waals surface area contributed by atoms with Crippen LogP contribution in [0.3, 0.4) is 0 Å². The maximum absolute atomic E-state index is 5.59. The van der Waals surface area contributed by atoms with Crippen LogP contribution in [0.15, 0.2) is 52.1 Å². The smallest absolute Gasteiger partial charge is 0.191 e. The van der Waals surface area contributed by atoms with E-state index in [-0.39, 0.29) is 24.0 Å². The average molecular weight is 526 g/mol. The molecular weight excluding hydrogens is 491 g/mol. The topological polar surface area (TPSA) is 62.0 Å². The molecule has 3 rings (SSSR count). The summed E-state index contributed by atoms with van der Waals surface area (Å²) in [6, 6.07) is 12.7. The number of rotatable bonds is 9. The highest BCUT2D eigenvalue weighted by molar-refractivity contribution is 14.0. The Balaban J connectivity index is 0.00000320. The van der Waals surface area contributed by atoms with E-state index in [0.29, 0.717) is 13.2 Å². The lowest BCUT2D eigenvalue weighted by atomic mass is 9.99. The number of piperidine rings is 1. The Morgan fingerprint density at radius 1 is 1.17 bits per heavy atom. The predicted octanol–water partition coefficient (Wildman–Crippen LogP) is 4.41. The molecule has 2 aromatic rings. The summed E-state index contributed by atoms with van der Waals surface area (Å²) in [5.41, 5.74) is 2.58. The summed E-state index contributed by atoms with van der Waals surface area (Å²) in [5, 5.41) is 6.70. The van der Waals surface area contributed by atoms with Crippen molar-refractivity contribution >= 4 is 35.6 Å². The fraction of sp³-hybridized carbons (Fsp3) is 0.522. The average Bonchev–Trinajstić information content (AvgIpc) is 3.27. The Morgan fingerprint density at radius 2 is 1.93 bits per heavy atom. The molecule has 0 spiro atoms. The highest BCUT2D eigenvalue weighted by Crippen LogP contribution is 2.23. The van der Waals surface area contributed by atoms with Gasteiger partial charge in [0.15, 0.2) is 5.96 Å². The number of guanidine groups is 1. The molecule has 0 aliphatic carbocycles. The molecule has 0 atom stereocenters. The molecule has 1 aromatic carbocycles. The van der Waals surface area contributed by atoms with Crippen molar-refractivity contribution < 1.29 is 9.15 Å². The molecule has 0 bridgehead atoms. The molecule has 2 heterocycles. The second kappa shape index (κ2) is 13.5. The number of furan rings is 1. The van der Waals surface area contributed by atoms with Gasteiger partial charge >= 0.3 is 0 Å². The first-order valence-corrected chi connectivity index (χ1v) is 10.6. The van der Waals surface area contributed by atoms with Crippen LogP contribution in [0.5, 0.6) is 0 Å². The lowest BCUT2D eigenvalue weighted by Crippen LogP contribution is -2.37. The number of halogens is 1. The molecular formula is C23H35IN4O2. The minimum absolute atomic E-state index is 0. The van der Waals surface area contributed by atoms with E-state index in [0.717, 1.165) is 37.1 Å². The van der Waals surface area contributed by atoms with E-state index in [4.69, 9.17) is 9.15 Å². The van der Waals surface area contributed by atoms with E-state index >= 15 is 0 Å². The first-order chi connectivity index (χ1) is 14.2. The monoisotopic (exact) mass is 526 g/mol. The first-order valence-electron chi connectivity index (χ1n) is 10.6. The lowest BCUT2D eigenvalue weighted by Gasteiger charge is -2.32. The van der Waals surface area contributed by atoms with Gasteiger partial charge in [-0.2, -0.15) is 0 Å². The Kier molecular flexibility index (Phi) is 11.1. The number of hydrogen-bond acceptors (Lipinski definition) is 4. The Labute approximate surface area is 197 Å². The van der Waals surface area contributed by atoms with Crippen molar-refractivity contribution in [3.05, 3.63) is 54.0 Å². The number of ether oxygens (including phenoxy) is 1. The molecule has 2 N–H and O–H groups in total. The Bertz CT molecular complexity index is 726. The third-order valence-electron chi connectivity index (χ3n) is 5.35.